The van der Waals surface area contributed by atoms with Crippen LogP contribution in [0.3, 0.4) is 0 Å². The first kappa shape index (κ1) is 30.3. The Hall–Kier alpha value is -2.77. The van der Waals surface area contributed by atoms with E-state index in [0.29, 0.717) is 18.5 Å². The Kier molecular flexibility index (Phi) is 11.5. The first-order chi connectivity index (χ1) is 16.2. The van der Waals surface area contributed by atoms with Crippen LogP contribution in [-0.4, -0.2) is 51.6 Å². The molecule has 0 spiro atoms. The smallest absolute Gasteiger partial charge is 0.408 e. The van der Waals surface area contributed by atoms with Gasteiger partial charge in [-0.05, 0) is 61.0 Å². The van der Waals surface area contributed by atoms with E-state index in [1.807, 2.05) is 20.8 Å². The molecule has 0 saturated heterocycles. The molecule has 1 aromatic rings. The zero-order valence-electron chi connectivity index (χ0n) is 22.7. The van der Waals surface area contributed by atoms with Gasteiger partial charge >= 0.3 is 6.09 Å². The quantitative estimate of drug-likeness (QED) is 0.375. The van der Waals surface area contributed by atoms with Crippen molar-refractivity contribution in [3.63, 3.8) is 0 Å². The number of nitrogens with one attached hydrogen (secondary N) is 2. The van der Waals surface area contributed by atoms with E-state index in [1.165, 1.54) is 11.0 Å². The molecule has 35 heavy (non-hydrogen) atoms. The summed E-state index contributed by atoms with van der Waals surface area (Å²) in [6.07, 6.45) is 4.10. The number of alkyl carbamates (subject to hydrolysis) is 1. The highest BCUT2D eigenvalue weighted by Gasteiger charge is 2.36. The Morgan fingerprint density at radius 3 is 2.14 bits per heavy atom. The molecule has 0 bridgehead atoms. The molecule has 0 aliphatic heterocycles. The fourth-order valence-corrected chi connectivity index (χ4v) is 3.65. The van der Waals surface area contributed by atoms with E-state index in [4.69, 9.17) is 4.74 Å². The van der Waals surface area contributed by atoms with Gasteiger partial charge < -0.3 is 25.4 Å². The number of benzene rings is 1. The van der Waals surface area contributed by atoms with Crippen LogP contribution in [0.1, 0.15) is 99.1 Å². The van der Waals surface area contributed by atoms with Crippen molar-refractivity contribution >= 4 is 17.9 Å². The van der Waals surface area contributed by atoms with Crippen molar-refractivity contribution in [1.29, 1.82) is 0 Å². The number of phenolic OH excluding ortho intramolecular Hbond substituents is 1. The Morgan fingerprint density at radius 2 is 1.60 bits per heavy atom. The molecule has 2 unspecified atom stereocenters. The maximum absolute atomic E-state index is 13.7. The minimum atomic E-state index is -1.06. The van der Waals surface area contributed by atoms with Gasteiger partial charge in [0.2, 0.25) is 11.8 Å². The van der Waals surface area contributed by atoms with Crippen molar-refractivity contribution < 1.29 is 24.2 Å². The number of ether oxygens (including phenoxy) is 1. The largest absolute Gasteiger partial charge is 0.508 e. The van der Waals surface area contributed by atoms with Gasteiger partial charge in [-0.2, -0.15) is 0 Å². The molecule has 3 N–H and O–H groups in total. The Labute approximate surface area is 210 Å². The number of hydrogen-bond acceptors (Lipinski definition) is 5. The molecule has 198 valence electrons. The van der Waals surface area contributed by atoms with Crippen molar-refractivity contribution in [2.75, 3.05) is 6.54 Å². The normalized spacial score (nSPS) is 13.5. The molecular formula is C27H45N3O5. The Morgan fingerprint density at radius 1 is 1.00 bits per heavy atom. The van der Waals surface area contributed by atoms with E-state index in [9.17, 15) is 19.5 Å². The van der Waals surface area contributed by atoms with Gasteiger partial charge in [-0.25, -0.2) is 4.79 Å². The first-order valence-corrected chi connectivity index (χ1v) is 12.6. The van der Waals surface area contributed by atoms with Gasteiger partial charge in [-0.1, -0.05) is 50.8 Å². The van der Waals surface area contributed by atoms with Crippen molar-refractivity contribution in [2.24, 2.45) is 0 Å². The molecule has 8 heteroatoms. The zero-order chi connectivity index (χ0) is 26.8. The van der Waals surface area contributed by atoms with Gasteiger partial charge in [-0.15, -0.1) is 0 Å². The van der Waals surface area contributed by atoms with E-state index in [-0.39, 0.29) is 5.75 Å². The van der Waals surface area contributed by atoms with Crippen molar-refractivity contribution in [3.05, 3.63) is 29.8 Å². The monoisotopic (exact) mass is 491 g/mol. The highest BCUT2D eigenvalue weighted by molar-refractivity contribution is 5.92. The van der Waals surface area contributed by atoms with E-state index >= 15 is 0 Å². The fourth-order valence-electron chi connectivity index (χ4n) is 3.65. The van der Waals surface area contributed by atoms with Crippen LogP contribution in [0.2, 0.25) is 0 Å². The van der Waals surface area contributed by atoms with Crippen molar-refractivity contribution in [3.8, 4) is 5.75 Å². The average Bonchev–Trinajstić information content (AvgIpc) is 2.70. The molecule has 0 fully saturated rings. The van der Waals surface area contributed by atoms with Crippen LogP contribution in [0.15, 0.2) is 24.3 Å². The number of unbranched alkanes of at least 4 members (excludes halogenated alkanes) is 4. The number of rotatable bonds is 11. The predicted molar refractivity (Wildman–Crippen MR) is 138 cm³/mol. The van der Waals surface area contributed by atoms with Crippen LogP contribution in [-0.2, 0) is 14.3 Å². The topological polar surface area (TPSA) is 108 Å². The number of aromatic hydroxyl groups is 1. The molecule has 0 heterocycles. The summed E-state index contributed by atoms with van der Waals surface area (Å²) in [5, 5.41) is 16.1. The lowest BCUT2D eigenvalue weighted by Gasteiger charge is -2.35. The fraction of sp³-hybridized carbons (Fsp3) is 0.667. The predicted octanol–water partition coefficient (Wildman–Crippen LogP) is 5.06. The molecule has 0 aliphatic rings. The van der Waals surface area contributed by atoms with Gasteiger partial charge in [0.1, 0.15) is 23.4 Å². The van der Waals surface area contributed by atoms with E-state index in [1.54, 1.807) is 45.9 Å². The standard InChI is InChI=1S/C27H45N3O5/c1-9-10-11-12-15-18-30(24(33)19(2)28-25(34)35-27(6,7)8)22(23(32)29-26(3,4)5)20-16-13-14-17-21(20)31/h13-14,16-17,19,22,31H,9-12,15,18H2,1-8H3,(H,28,34)(H,29,32). The molecule has 0 saturated carbocycles. The SMILES string of the molecule is CCCCCCCN(C(=O)C(C)NC(=O)OC(C)(C)C)C(C(=O)NC(C)(C)C)c1ccccc1O. The van der Waals surface area contributed by atoms with Crippen LogP contribution >= 0.6 is 0 Å². The van der Waals surface area contributed by atoms with E-state index < -0.39 is 41.1 Å². The molecule has 8 nitrogen and oxygen atoms in total. The number of carbonyl (C=O) groups is 3. The summed E-state index contributed by atoms with van der Waals surface area (Å²) >= 11 is 0. The number of amides is 3. The number of phenols is 1. The second kappa shape index (κ2) is 13.4. The number of hydrogen-bond donors (Lipinski definition) is 3. The summed E-state index contributed by atoms with van der Waals surface area (Å²) < 4.78 is 5.30. The second-order valence-electron chi connectivity index (χ2n) is 11.0. The molecule has 1 aromatic carbocycles. The number of carbonyl (C=O) groups excluding carboxylic acids is 3. The lowest BCUT2D eigenvalue weighted by Crippen LogP contribution is -2.54. The molecule has 0 radical (unpaired) electrons. The lowest BCUT2D eigenvalue weighted by molar-refractivity contribution is -0.143. The Bertz CT molecular complexity index is 842. The highest BCUT2D eigenvalue weighted by Crippen LogP contribution is 2.30. The van der Waals surface area contributed by atoms with Crippen LogP contribution in [0, 0.1) is 0 Å². The zero-order valence-corrected chi connectivity index (χ0v) is 22.7. The summed E-state index contributed by atoms with van der Waals surface area (Å²) in [5.74, 6) is -0.896. The van der Waals surface area contributed by atoms with E-state index in [0.717, 1.165) is 25.7 Å². The summed E-state index contributed by atoms with van der Waals surface area (Å²) in [5.41, 5.74) is -0.923. The van der Waals surface area contributed by atoms with E-state index in [2.05, 4.69) is 17.6 Å². The third-order valence-corrected chi connectivity index (χ3v) is 5.18. The lowest BCUT2D eigenvalue weighted by atomic mass is 9.99. The average molecular weight is 492 g/mol. The maximum atomic E-state index is 13.7. The van der Waals surface area contributed by atoms with Crippen LogP contribution in [0.25, 0.3) is 0 Å². The molecular weight excluding hydrogens is 446 g/mol. The van der Waals surface area contributed by atoms with Gasteiger partial charge in [0.25, 0.3) is 0 Å². The summed E-state index contributed by atoms with van der Waals surface area (Å²) in [7, 11) is 0. The Balaban J connectivity index is 3.33. The van der Waals surface area contributed by atoms with Crippen molar-refractivity contribution in [2.45, 2.75) is 111 Å². The summed E-state index contributed by atoms with van der Waals surface area (Å²) in [6, 6.07) is 4.54. The molecule has 0 aliphatic carbocycles. The van der Waals surface area contributed by atoms with Gasteiger partial charge in [-0.3, -0.25) is 9.59 Å². The third kappa shape index (κ3) is 11.0. The van der Waals surface area contributed by atoms with Crippen molar-refractivity contribution in [1.82, 2.24) is 15.5 Å². The molecule has 1 rings (SSSR count). The second-order valence-corrected chi connectivity index (χ2v) is 11.0. The van der Waals surface area contributed by atoms with Gasteiger partial charge in [0.15, 0.2) is 0 Å². The minimum absolute atomic E-state index is 0.0712. The van der Waals surface area contributed by atoms with Crippen LogP contribution in [0.4, 0.5) is 4.79 Å². The molecule has 2 atom stereocenters. The highest BCUT2D eigenvalue weighted by atomic mass is 16.6. The van der Waals surface area contributed by atoms with Gasteiger partial charge in [0, 0.05) is 17.6 Å². The number of nitrogens with zero attached hydrogens (tertiary/aromatic N) is 1. The van der Waals surface area contributed by atoms with Crippen LogP contribution < -0.4 is 10.6 Å². The molecule has 3 amide bonds. The number of para-hydroxylation sites is 1. The van der Waals surface area contributed by atoms with Gasteiger partial charge in [0.05, 0.1) is 0 Å². The first-order valence-electron chi connectivity index (χ1n) is 12.6. The minimum Gasteiger partial charge on any atom is -0.508 e. The molecule has 0 aromatic heterocycles. The maximum Gasteiger partial charge on any atom is 0.408 e. The van der Waals surface area contributed by atoms with Crippen LogP contribution in [0.5, 0.6) is 5.75 Å². The summed E-state index contributed by atoms with van der Waals surface area (Å²) in [6.45, 7) is 14.8. The summed E-state index contributed by atoms with van der Waals surface area (Å²) in [4.78, 5) is 40.9. The third-order valence-electron chi connectivity index (χ3n) is 5.18.